The number of hydrogen-bond acceptors (Lipinski definition) is 6. The van der Waals surface area contributed by atoms with Crippen molar-refractivity contribution in [2.45, 2.75) is 18.9 Å². The third-order valence-electron chi connectivity index (χ3n) is 3.82. The summed E-state index contributed by atoms with van der Waals surface area (Å²) in [5, 5.41) is 16.4. The van der Waals surface area contributed by atoms with E-state index in [4.69, 9.17) is 0 Å². The standard InChI is InChI=1S/C13H17FN4O4S/c14-10-5-9(16-8-1-3-15-4-2-8)6-11(19)13(10)18-7-12(20)17-23(18,21)22/h5-6,8,15-16,19H,1-4,7H2,(H,17,20). The lowest BCUT2D eigenvalue weighted by atomic mass is 10.1. The van der Waals surface area contributed by atoms with Crippen LogP contribution in [-0.2, 0) is 15.0 Å². The Kier molecular flexibility index (Phi) is 4.02. The molecular formula is C13H17FN4O4S. The van der Waals surface area contributed by atoms with Crippen LogP contribution in [0.5, 0.6) is 5.75 Å². The highest BCUT2D eigenvalue weighted by molar-refractivity contribution is 7.92. The normalized spacial score (nSPS) is 21.3. The topological polar surface area (TPSA) is 111 Å². The van der Waals surface area contributed by atoms with Crippen LogP contribution in [0.4, 0.5) is 15.8 Å². The maximum atomic E-state index is 14.3. The minimum atomic E-state index is -4.17. The third-order valence-corrected chi connectivity index (χ3v) is 5.20. The lowest BCUT2D eigenvalue weighted by molar-refractivity contribution is -0.117. The molecule has 126 valence electrons. The van der Waals surface area contributed by atoms with Gasteiger partial charge in [0, 0.05) is 17.8 Å². The summed E-state index contributed by atoms with van der Waals surface area (Å²) in [6.07, 6.45) is 1.73. The number of halogens is 1. The van der Waals surface area contributed by atoms with E-state index in [0.717, 1.165) is 32.0 Å². The molecule has 3 rings (SSSR count). The van der Waals surface area contributed by atoms with Crippen molar-refractivity contribution in [2.24, 2.45) is 0 Å². The summed E-state index contributed by atoms with van der Waals surface area (Å²) < 4.78 is 40.1. The zero-order chi connectivity index (χ0) is 16.6. The van der Waals surface area contributed by atoms with Crippen LogP contribution < -0.4 is 19.7 Å². The number of phenols is 1. The predicted molar refractivity (Wildman–Crippen MR) is 82.0 cm³/mol. The molecule has 0 unspecified atom stereocenters. The molecule has 0 spiro atoms. The molecule has 0 bridgehead atoms. The Balaban J connectivity index is 1.87. The quantitative estimate of drug-likeness (QED) is 0.608. The summed E-state index contributed by atoms with van der Waals surface area (Å²) in [6, 6.07) is 2.54. The Morgan fingerprint density at radius 2 is 2.00 bits per heavy atom. The van der Waals surface area contributed by atoms with E-state index in [2.05, 4.69) is 10.6 Å². The van der Waals surface area contributed by atoms with E-state index in [9.17, 15) is 22.7 Å². The van der Waals surface area contributed by atoms with Crippen LogP contribution >= 0.6 is 0 Å². The highest BCUT2D eigenvalue weighted by Crippen LogP contribution is 2.36. The van der Waals surface area contributed by atoms with Gasteiger partial charge >= 0.3 is 10.2 Å². The monoisotopic (exact) mass is 344 g/mol. The summed E-state index contributed by atoms with van der Waals surface area (Å²) >= 11 is 0. The minimum Gasteiger partial charge on any atom is -0.506 e. The highest BCUT2D eigenvalue weighted by Gasteiger charge is 2.37. The molecule has 1 aromatic carbocycles. The first-order chi connectivity index (χ1) is 10.9. The summed E-state index contributed by atoms with van der Waals surface area (Å²) in [4.78, 5) is 11.2. The first-order valence-electron chi connectivity index (χ1n) is 7.20. The average molecular weight is 344 g/mol. The van der Waals surface area contributed by atoms with Crippen molar-refractivity contribution in [1.82, 2.24) is 10.0 Å². The lowest BCUT2D eigenvalue weighted by Crippen LogP contribution is -2.35. The number of nitrogens with one attached hydrogen (secondary N) is 3. The van der Waals surface area contributed by atoms with Crippen LogP contribution in [0, 0.1) is 5.82 Å². The fourth-order valence-corrected chi connectivity index (χ4v) is 3.93. The van der Waals surface area contributed by atoms with Crippen LogP contribution in [-0.4, -0.2) is 45.1 Å². The highest BCUT2D eigenvalue weighted by atomic mass is 32.2. The first kappa shape index (κ1) is 15.8. The van der Waals surface area contributed by atoms with Crippen molar-refractivity contribution in [3.05, 3.63) is 17.9 Å². The van der Waals surface area contributed by atoms with Crippen LogP contribution in [0.15, 0.2) is 12.1 Å². The van der Waals surface area contributed by atoms with Crippen molar-refractivity contribution in [2.75, 3.05) is 29.3 Å². The molecule has 1 aromatic rings. The van der Waals surface area contributed by atoms with Gasteiger partial charge in [-0.15, -0.1) is 0 Å². The van der Waals surface area contributed by atoms with E-state index in [1.165, 1.54) is 6.07 Å². The number of rotatable bonds is 3. The number of hydrogen-bond donors (Lipinski definition) is 4. The molecule has 0 aromatic heterocycles. The first-order valence-corrected chi connectivity index (χ1v) is 8.64. The van der Waals surface area contributed by atoms with Gasteiger partial charge in [0.15, 0.2) is 5.82 Å². The molecule has 1 amide bonds. The van der Waals surface area contributed by atoms with E-state index < -0.39 is 39.9 Å². The van der Waals surface area contributed by atoms with Crippen LogP contribution in [0.3, 0.4) is 0 Å². The van der Waals surface area contributed by atoms with E-state index in [1.54, 1.807) is 4.72 Å². The van der Waals surface area contributed by atoms with Gasteiger partial charge in [0.2, 0.25) is 0 Å². The molecule has 10 heteroatoms. The van der Waals surface area contributed by atoms with E-state index in [1.807, 2.05) is 0 Å². The molecule has 4 N–H and O–H groups in total. The minimum absolute atomic E-state index is 0.152. The molecular weight excluding hydrogens is 327 g/mol. The number of phenolic OH excluding ortho intramolecular Hbond substituents is 1. The summed E-state index contributed by atoms with van der Waals surface area (Å²) in [5.41, 5.74) is -0.161. The predicted octanol–water partition coefficient (Wildman–Crippen LogP) is -0.124. The Labute approximate surface area is 132 Å². The van der Waals surface area contributed by atoms with Gasteiger partial charge in [-0.2, -0.15) is 8.42 Å². The van der Waals surface area contributed by atoms with Gasteiger partial charge in [-0.1, -0.05) is 0 Å². The maximum absolute atomic E-state index is 14.3. The number of nitrogens with zero attached hydrogens (tertiary/aromatic N) is 1. The van der Waals surface area contributed by atoms with Gasteiger partial charge < -0.3 is 15.7 Å². The lowest BCUT2D eigenvalue weighted by Gasteiger charge is -2.25. The third kappa shape index (κ3) is 3.17. The van der Waals surface area contributed by atoms with Crippen LogP contribution in [0.25, 0.3) is 0 Å². The van der Waals surface area contributed by atoms with Gasteiger partial charge in [-0.25, -0.2) is 13.4 Å². The summed E-state index contributed by atoms with van der Waals surface area (Å²) in [7, 11) is -4.17. The van der Waals surface area contributed by atoms with Crippen molar-refractivity contribution in [3.8, 4) is 5.75 Å². The number of carbonyl (C=O) groups is 1. The second kappa shape index (κ2) is 5.85. The Hall–Kier alpha value is -2.07. The van der Waals surface area contributed by atoms with Crippen LogP contribution in [0.1, 0.15) is 12.8 Å². The zero-order valence-electron chi connectivity index (χ0n) is 12.2. The molecule has 2 aliphatic rings. The second-order valence-corrected chi connectivity index (χ2v) is 7.13. The summed E-state index contributed by atoms with van der Waals surface area (Å²) in [6.45, 7) is 1.14. The van der Waals surface area contributed by atoms with Gasteiger partial charge in [-0.05, 0) is 32.0 Å². The SMILES string of the molecule is O=C1CN(c2c(O)cc(NC3CCNCC3)cc2F)S(=O)(=O)N1. The molecule has 2 saturated heterocycles. The van der Waals surface area contributed by atoms with Crippen molar-refractivity contribution in [1.29, 1.82) is 0 Å². The van der Waals surface area contributed by atoms with Gasteiger partial charge in [0.1, 0.15) is 18.0 Å². The Morgan fingerprint density at radius 1 is 1.30 bits per heavy atom. The molecule has 0 atom stereocenters. The van der Waals surface area contributed by atoms with Crippen molar-refractivity contribution in [3.63, 3.8) is 0 Å². The molecule has 2 fully saturated rings. The molecule has 23 heavy (non-hydrogen) atoms. The van der Waals surface area contributed by atoms with Gasteiger partial charge in [0.25, 0.3) is 5.91 Å². The fraction of sp³-hybridized carbons (Fsp3) is 0.462. The number of benzene rings is 1. The van der Waals surface area contributed by atoms with Crippen molar-refractivity contribution < 1.29 is 22.7 Å². The number of carbonyl (C=O) groups excluding carboxylic acids is 1. The smallest absolute Gasteiger partial charge is 0.326 e. The maximum Gasteiger partial charge on any atom is 0.326 e. The Bertz CT molecular complexity index is 710. The molecule has 0 saturated carbocycles. The van der Waals surface area contributed by atoms with Gasteiger partial charge in [-0.3, -0.25) is 4.79 Å². The number of aromatic hydroxyl groups is 1. The zero-order valence-corrected chi connectivity index (χ0v) is 13.0. The van der Waals surface area contributed by atoms with Crippen molar-refractivity contribution >= 4 is 27.5 Å². The molecule has 0 aliphatic carbocycles. The largest absolute Gasteiger partial charge is 0.506 e. The molecule has 8 nitrogen and oxygen atoms in total. The number of anilines is 2. The number of amides is 1. The van der Waals surface area contributed by atoms with E-state index in [0.29, 0.717) is 9.99 Å². The molecule has 2 heterocycles. The Morgan fingerprint density at radius 3 is 2.57 bits per heavy atom. The van der Waals surface area contributed by atoms with E-state index in [-0.39, 0.29) is 6.04 Å². The van der Waals surface area contributed by atoms with E-state index >= 15 is 0 Å². The number of piperidine rings is 1. The molecule has 2 aliphatic heterocycles. The average Bonchev–Trinajstić information content (AvgIpc) is 2.72. The van der Waals surface area contributed by atoms with Gasteiger partial charge in [0.05, 0.1) is 0 Å². The fourth-order valence-electron chi connectivity index (χ4n) is 2.76. The summed E-state index contributed by atoms with van der Waals surface area (Å²) in [5.74, 6) is -2.23. The molecule has 0 radical (unpaired) electrons. The van der Waals surface area contributed by atoms with Crippen LogP contribution in [0.2, 0.25) is 0 Å². The second-order valence-electron chi connectivity index (χ2n) is 5.53.